The summed E-state index contributed by atoms with van der Waals surface area (Å²) in [5.74, 6) is 8.24. The normalized spacial score (nSPS) is 19.5. The number of amides is 1. The molecule has 1 unspecified atom stereocenters. The number of carbonyl (C=O) groups is 1. The van der Waals surface area contributed by atoms with E-state index in [1.165, 1.54) is 0 Å². The number of rotatable bonds is 28. The van der Waals surface area contributed by atoms with E-state index in [0.29, 0.717) is 137 Å². The molecule has 2 rings (SSSR count). The van der Waals surface area contributed by atoms with Crippen LogP contribution in [0.2, 0.25) is 0 Å². The molecule has 3 atom stereocenters. The van der Waals surface area contributed by atoms with E-state index in [1.807, 2.05) is 0 Å². The van der Waals surface area contributed by atoms with Gasteiger partial charge in [0.25, 0.3) is 0 Å². The van der Waals surface area contributed by atoms with Gasteiger partial charge in [0.05, 0.1) is 119 Å². The lowest BCUT2D eigenvalue weighted by Crippen LogP contribution is -2.29. The quantitative estimate of drug-likeness (QED) is 0.101. The first-order valence-electron chi connectivity index (χ1n) is 14.9. The molecule has 12 nitrogen and oxygen atoms in total. The third-order valence-corrected chi connectivity index (χ3v) is 6.60. The largest absolute Gasteiger partial charge is 0.449 e. The zero-order valence-electron chi connectivity index (χ0n) is 24.5. The van der Waals surface area contributed by atoms with E-state index in [-0.39, 0.29) is 12.7 Å². The highest BCUT2D eigenvalue weighted by molar-refractivity contribution is 5.67. The lowest BCUT2D eigenvalue weighted by Gasteiger charge is -2.09. The average Bonchev–Trinajstić information content (AvgIpc) is 3.62. The predicted octanol–water partition coefficient (Wildman–Crippen LogP) is 1.28. The molecular weight excluding hydrogens is 538 g/mol. The number of aliphatic hydroxyl groups is 1. The van der Waals surface area contributed by atoms with Crippen LogP contribution in [0.25, 0.3) is 0 Å². The highest BCUT2D eigenvalue weighted by atomic mass is 16.6. The smallest absolute Gasteiger partial charge is 0.407 e. The van der Waals surface area contributed by atoms with E-state index in [4.69, 9.17) is 47.7 Å². The van der Waals surface area contributed by atoms with Crippen molar-refractivity contribution in [2.24, 2.45) is 17.8 Å². The summed E-state index contributed by atoms with van der Waals surface area (Å²) in [5, 5.41) is 11.3. The molecule has 2 aliphatic carbocycles. The Bertz CT molecular complexity index is 669. The summed E-state index contributed by atoms with van der Waals surface area (Å²) in [6, 6.07) is 0. The fourth-order valence-corrected chi connectivity index (χ4v) is 4.44. The summed E-state index contributed by atoms with van der Waals surface area (Å²) in [7, 11) is 0. The monoisotopic (exact) mass is 589 g/mol. The molecule has 1 amide bonds. The summed E-state index contributed by atoms with van der Waals surface area (Å²) < 4.78 is 48.4. The number of hydrogen-bond donors (Lipinski definition) is 2. The Balaban J connectivity index is 1.19. The van der Waals surface area contributed by atoms with Crippen molar-refractivity contribution in [2.75, 3.05) is 125 Å². The van der Waals surface area contributed by atoms with Crippen molar-refractivity contribution in [3.05, 3.63) is 0 Å². The molecule has 1 fully saturated rings. The van der Waals surface area contributed by atoms with E-state index >= 15 is 0 Å². The molecule has 12 heteroatoms. The molecule has 0 heterocycles. The second kappa shape index (κ2) is 26.1. The van der Waals surface area contributed by atoms with Gasteiger partial charge in [0, 0.05) is 19.4 Å². The second-order valence-corrected chi connectivity index (χ2v) is 9.57. The van der Waals surface area contributed by atoms with Crippen LogP contribution in [0.4, 0.5) is 4.79 Å². The van der Waals surface area contributed by atoms with Crippen LogP contribution in [0.1, 0.15) is 25.7 Å². The average molecular weight is 590 g/mol. The minimum absolute atomic E-state index is 0.0239. The van der Waals surface area contributed by atoms with Crippen LogP contribution in [0, 0.1) is 29.6 Å². The molecule has 41 heavy (non-hydrogen) atoms. The zero-order valence-corrected chi connectivity index (χ0v) is 24.5. The Morgan fingerprint density at radius 2 is 0.951 bits per heavy atom. The Labute approximate surface area is 244 Å². The molecule has 2 N–H and O–H groups in total. The molecule has 0 bridgehead atoms. The lowest BCUT2D eigenvalue weighted by molar-refractivity contribution is -0.0237. The molecule has 2 aliphatic rings. The van der Waals surface area contributed by atoms with Crippen molar-refractivity contribution < 1.29 is 52.5 Å². The van der Waals surface area contributed by atoms with Gasteiger partial charge < -0.3 is 53.1 Å². The second-order valence-electron chi connectivity index (χ2n) is 9.57. The van der Waals surface area contributed by atoms with E-state index in [0.717, 1.165) is 25.7 Å². The lowest BCUT2D eigenvalue weighted by atomic mass is 10.1. The number of alkyl carbamates (subject to hydrolysis) is 1. The van der Waals surface area contributed by atoms with Gasteiger partial charge in [-0.1, -0.05) is 0 Å². The molecule has 0 aromatic heterocycles. The SMILES string of the molecule is O=C(NCCOCCOCCOCCOCCOCCOCCOCCOCCO)OCC1[C@H]2CCC#CCC[C@@H]12. The van der Waals surface area contributed by atoms with E-state index in [2.05, 4.69) is 17.2 Å². The first-order chi connectivity index (χ1) is 20.3. The molecule has 0 radical (unpaired) electrons. The predicted molar refractivity (Wildman–Crippen MR) is 150 cm³/mol. The molecule has 0 aliphatic heterocycles. The van der Waals surface area contributed by atoms with Crippen LogP contribution in [0.5, 0.6) is 0 Å². The van der Waals surface area contributed by atoms with Gasteiger partial charge in [0.1, 0.15) is 0 Å². The van der Waals surface area contributed by atoms with E-state index in [9.17, 15) is 4.79 Å². The summed E-state index contributed by atoms with van der Waals surface area (Å²) in [6.07, 6.45) is 3.80. The number of hydrogen-bond acceptors (Lipinski definition) is 11. The highest BCUT2D eigenvalue weighted by Gasteiger charge is 2.49. The van der Waals surface area contributed by atoms with Gasteiger partial charge in [-0.3, -0.25) is 0 Å². The van der Waals surface area contributed by atoms with Gasteiger partial charge in [-0.2, -0.15) is 0 Å². The Morgan fingerprint density at radius 3 is 1.34 bits per heavy atom. The van der Waals surface area contributed by atoms with Gasteiger partial charge in [-0.05, 0) is 30.6 Å². The maximum absolute atomic E-state index is 11.9. The standard InChI is InChI=1S/C29H51NO11/c31-8-10-34-12-14-36-16-18-38-20-22-40-24-23-39-21-19-37-17-15-35-13-11-33-9-7-30-29(32)41-25-28-26-5-3-1-2-4-6-27(26)28/h26-28,31H,3-25H2,(H,30,32)/t26-,27+,28?. The van der Waals surface area contributed by atoms with Gasteiger partial charge in [-0.25, -0.2) is 4.79 Å². The van der Waals surface area contributed by atoms with Crippen molar-refractivity contribution in [3.8, 4) is 11.8 Å². The van der Waals surface area contributed by atoms with Crippen LogP contribution in [0.15, 0.2) is 0 Å². The number of carbonyl (C=O) groups excluding carboxylic acids is 1. The van der Waals surface area contributed by atoms with Crippen molar-refractivity contribution in [1.82, 2.24) is 5.32 Å². The number of nitrogens with one attached hydrogen (secondary N) is 1. The molecule has 0 spiro atoms. The molecule has 0 aromatic rings. The minimum atomic E-state index is -0.379. The summed E-state index contributed by atoms with van der Waals surface area (Å²) in [4.78, 5) is 11.9. The van der Waals surface area contributed by atoms with Crippen molar-refractivity contribution in [2.45, 2.75) is 25.7 Å². The number of fused-ring (bicyclic) bond motifs is 1. The number of aliphatic hydroxyl groups excluding tert-OH is 1. The molecule has 0 aromatic carbocycles. The Hall–Kier alpha value is -1.53. The third kappa shape index (κ3) is 20.1. The van der Waals surface area contributed by atoms with Crippen molar-refractivity contribution in [1.29, 1.82) is 0 Å². The Kier molecular flexibility index (Phi) is 22.7. The van der Waals surface area contributed by atoms with Crippen LogP contribution in [-0.4, -0.2) is 137 Å². The van der Waals surface area contributed by atoms with Crippen LogP contribution in [-0.2, 0) is 42.6 Å². The van der Waals surface area contributed by atoms with E-state index < -0.39 is 0 Å². The first kappa shape index (κ1) is 35.7. The minimum Gasteiger partial charge on any atom is -0.449 e. The molecule has 1 saturated carbocycles. The van der Waals surface area contributed by atoms with Gasteiger partial charge >= 0.3 is 6.09 Å². The van der Waals surface area contributed by atoms with Crippen molar-refractivity contribution >= 4 is 6.09 Å². The summed E-state index contributed by atoms with van der Waals surface area (Å²) in [6.45, 7) is 8.50. The maximum atomic E-state index is 11.9. The highest BCUT2D eigenvalue weighted by Crippen LogP contribution is 2.52. The van der Waals surface area contributed by atoms with Gasteiger partial charge in [0.2, 0.25) is 0 Å². The van der Waals surface area contributed by atoms with E-state index in [1.54, 1.807) is 0 Å². The Morgan fingerprint density at radius 1 is 0.585 bits per heavy atom. The first-order valence-corrected chi connectivity index (χ1v) is 14.9. The maximum Gasteiger partial charge on any atom is 0.407 e. The topological polar surface area (TPSA) is 132 Å². The van der Waals surface area contributed by atoms with Crippen LogP contribution < -0.4 is 5.32 Å². The summed E-state index contributed by atoms with van der Waals surface area (Å²) >= 11 is 0. The van der Waals surface area contributed by atoms with Crippen LogP contribution in [0.3, 0.4) is 0 Å². The third-order valence-electron chi connectivity index (χ3n) is 6.60. The molecule has 0 saturated heterocycles. The van der Waals surface area contributed by atoms with Gasteiger partial charge in [0.15, 0.2) is 0 Å². The van der Waals surface area contributed by atoms with Gasteiger partial charge in [-0.15, -0.1) is 11.8 Å². The van der Waals surface area contributed by atoms with Crippen LogP contribution >= 0.6 is 0 Å². The fourth-order valence-electron chi connectivity index (χ4n) is 4.44. The number of ether oxygens (including phenoxy) is 9. The van der Waals surface area contributed by atoms with Crippen molar-refractivity contribution in [3.63, 3.8) is 0 Å². The molecular formula is C29H51NO11. The molecule has 238 valence electrons. The summed E-state index contributed by atoms with van der Waals surface area (Å²) in [5.41, 5.74) is 0. The fraction of sp³-hybridized carbons (Fsp3) is 0.897. The zero-order chi connectivity index (χ0) is 29.1.